The Morgan fingerprint density at radius 2 is 1.82 bits per heavy atom. The minimum Gasteiger partial charge on any atom is -0.484 e. The second-order valence-corrected chi connectivity index (χ2v) is 4.10. The summed E-state index contributed by atoms with van der Waals surface area (Å²) in [6, 6.07) is 2.84. The van der Waals surface area contributed by atoms with E-state index >= 15 is 0 Å². The molecule has 0 amide bonds. The van der Waals surface area contributed by atoms with Gasteiger partial charge in [-0.05, 0) is 18.2 Å². The van der Waals surface area contributed by atoms with Crippen LogP contribution >= 0.6 is 0 Å². The largest absolute Gasteiger partial charge is 0.573 e. The summed E-state index contributed by atoms with van der Waals surface area (Å²) in [5, 5.41) is 5.95. The molecular formula is C12H8F6N2O2. The van der Waals surface area contributed by atoms with Gasteiger partial charge in [0.15, 0.2) is 6.61 Å². The third-order valence-electron chi connectivity index (χ3n) is 2.39. The Balaban J connectivity index is 2.32. The molecule has 0 aliphatic carbocycles. The number of aromatic amines is 1. The number of ether oxygens (including phenoxy) is 2. The molecule has 4 nitrogen and oxygen atoms in total. The Bertz CT molecular complexity index is 622. The Labute approximate surface area is 119 Å². The summed E-state index contributed by atoms with van der Waals surface area (Å²) < 4.78 is 81.7. The zero-order valence-electron chi connectivity index (χ0n) is 10.6. The Morgan fingerprint density at radius 3 is 2.36 bits per heavy atom. The van der Waals surface area contributed by atoms with Crippen LogP contribution in [0.5, 0.6) is 11.5 Å². The monoisotopic (exact) mass is 326 g/mol. The van der Waals surface area contributed by atoms with Crippen molar-refractivity contribution in [2.45, 2.75) is 12.5 Å². The number of halogens is 6. The molecule has 0 saturated heterocycles. The van der Waals surface area contributed by atoms with Crippen LogP contribution in [0.2, 0.25) is 0 Å². The Kier molecular flexibility index (Phi) is 4.20. The molecule has 1 aromatic heterocycles. The molecule has 2 rings (SSSR count). The summed E-state index contributed by atoms with van der Waals surface area (Å²) in [5.74, 6) is -0.823. The van der Waals surface area contributed by atoms with Gasteiger partial charge in [0.05, 0.1) is 6.20 Å². The molecule has 1 heterocycles. The second-order valence-electron chi connectivity index (χ2n) is 4.10. The molecule has 0 aliphatic heterocycles. The number of hydrogen-bond donors (Lipinski definition) is 1. The van der Waals surface area contributed by atoms with Crippen molar-refractivity contribution in [2.75, 3.05) is 6.61 Å². The summed E-state index contributed by atoms with van der Waals surface area (Å²) in [6.07, 6.45) is -7.03. The minimum absolute atomic E-state index is 0.106. The first-order chi connectivity index (χ1) is 10.1. The molecule has 0 atom stereocenters. The zero-order chi connectivity index (χ0) is 16.4. The van der Waals surface area contributed by atoms with Crippen LogP contribution in [0.3, 0.4) is 0 Å². The lowest BCUT2D eigenvalue weighted by atomic mass is 10.1. The van der Waals surface area contributed by atoms with E-state index in [1.165, 1.54) is 12.4 Å². The van der Waals surface area contributed by atoms with E-state index in [4.69, 9.17) is 0 Å². The van der Waals surface area contributed by atoms with Gasteiger partial charge in [-0.2, -0.15) is 18.3 Å². The lowest BCUT2D eigenvalue weighted by Gasteiger charge is -2.15. The maximum absolute atomic E-state index is 12.3. The molecule has 0 radical (unpaired) electrons. The van der Waals surface area contributed by atoms with E-state index in [0.29, 0.717) is 0 Å². The third-order valence-corrected chi connectivity index (χ3v) is 2.39. The lowest BCUT2D eigenvalue weighted by molar-refractivity contribution is -0.274. The lowest BCUT2D eigenvalue weighted by Crippen LogP contribution is -2.19. The molecule has 0 unspecified atom stereocenters. The van der Waals surface area contributed by atoms with E-state index in [2.05, 4.69) is 19.7 Å². The van der Waals surface area contributed by atoms with Crippen molar-refractivity contribution >= 4 is 0 Å². The number of rotatable bonds is 4. The highest BCUT2D eigenvalue weighted by Crippen LogP contribution is 2.36. The first kappa shape index (κ1) is 16.0. The quantitative estimate of drug-likeness (QED) is 0.867. The standard InChI is InChI=1S/C12H8F6N2O2/c13-11(14,15)6-21-8-1-2-10(22-12(16,17)18)9(3-8)7-4-19-20-5-7/h1-5H,6H2,(H,19,20). The summed E-state index contributed by atoms with van der Waals surface area (Å²) in [5.41, 5.74) is 0.0995. The molecule has 0 spiro atoms. The number of aromatic nitrogens is 2. The summed E-state index contributed by atoms with van der Waals surface area (Å²) in [4.78, 5) is 0. The van der Waals surface area contributed by atoms with Crippen molar-refractivity contribution in [3.8, 4) is 22.6 Å². The van der Waals surface area contributed by atoms with Crippen LogP contribution in [0.4, 0.5) is 26.3 Å². The highest BCUT2D eigenvalue weighted by Gasteiger charge is 2.33. The van der Waals surface area contributed by atoms with Gasteiger partial charge >= 0.3 is 12.5 Å². The highest BCUT2D eigenvalue weighted by atomic mass is 19.4. The predicted molar refractivity (Wildman–Crippen MR) is 62.3 cm³/mol. The molecule has 2 aromatic rings. The SMILES string of the molecule is FC(F)(F)COc1ccc(OC(F)(F)F)c(-c2cn[nH]c2)c1. The van der Waals surface area contributed by atoms with Crippen LogP contribution < -0.4 is 9.47 Å². The van der Waals surface area contributed by atoms with Crippen LogP contribution in [-0.2, 0) is 0 Å². The molecule has 10 heteroatoms. The van der Waals surface area contributed by atoms with Gasteiger partial charge in [0.25, 0.3) is 0 Å². The fraction of sp³-hybridized carbons (Fsp3) is 0.250. The molecule has 1 N–H and O–H groups in total. The molecule has 0 bridgehead atoms. The number of benzene rings is 1. The van der Waals surface area contributed by atoms with Crippen LogP contribution in [-0.4, -0.2) is 29.3 Å². The highest BCUT2D eigenvalue weighted by molar-refractivity contribution is 5.71. The van der Waals surface area contributed by atoms with Crippen LogP contribution in [0, 0.1) is 0 Å². The normalized spacial score (nSPS) is 12.3. The number of nitrogens with zero attached hydrogens (tertiary/aromatic N) is 1. The average molecular weight is 326 g/mol. The second kappa shape index (κ2) is 5.78. The van der Waals surface area contributed by atoms with Gasteiger partial charge in [0, 0.05) is 17.3 Å². The van der Waals surface area contributed by atoms with Crippen molar-refractivity contribution < 1.29 is 35.8 Å². The molecule has 120 valence electrons. The third kappa shape index (κ3) is 4.57. The topological polar surface area (TPSA) is 47.1 Å². The molecule has 1 aromatic carbocycles. The fourth-order valence-corrected chi connectivity index (χ4v) is 1.60. The van der Waals surface area contributed by atoms with Crippen molar-refractivity contribution in [1.82, 2.24) is 10.2 Å². The smallest absolute Gasteiger partial charge is 0.484 e. The number of H-pyrrole nitrogens is 1. The van der Waals surface area contributed by atoms with Crippen LogP contribution in [0.1, 0.15) is 0 Å². The van der Waals surface area contributed by atoms with Gasteiger partial charge in [0.2, 0.25) is 0 Å². The van der Waals surface area contributed by atoms with Crippen LogP contribution in [0.25, 0.3) is 11.1 Å². The Hall–Kier alpha value is -2.39. The summed E-state index contributed by atoms with van der Waals surface area (Å²) >= 11 is 0. The van der Waals surface area contributed by atoms with Gasteiger partial charge in [-0.3, -0.25) is 5.10 Å². The first-order valence-corrected chi connectivity index (χ1v) is 5.72. The van der Waals surface area contributed by atoms with Gasteiger partial charge in [-0.1, -0.05) is 0 Å². The van der Waals surface area contributed by atoms with Gasteiger partial charge in [-0.25, -0.2) is 0 Å². The van der Waals surface area contributed by atoms with Gasteiger partial charge in [0.1, 0.15) is 11.5 Å². The van der Waals surface area contributed by atoms with Gasteiger partial charge in [-0.15, -0.1) is 13.2 Å². The maximum atomic E-state index is 12.3. The molecule has 0 saturated carbocycles. The van der Waals surface area contributed by atoms with E-state index in [1.807, 2.05) is 0 Å². The summed E-state index contributed by atoms with van der Waals surface area (Å²) in [6.45, 7) is -1.56. The fourth-order valence-electron chi connectivity index (χ4n) is 1.60. The summed E-state index contributed by atoms with van der Waals surface area (Å²) in [7, 11) is 0. The van der Waals surface area contributed by atoms with Crippen molar-refractivity contribution in [3.63, 3.8) is 0 Å². The van der Waals surface area contributed by atoms with Crippen molar-refractivity contribution in [3.05, 3.63) is 30.6 Å². The Morgan fingerprint density at radius 1 is 1.09 bits per heavy atom. The minimum atomic E-state index is -4.94. The molecule has 22 heavy (non-hydrogen) atoms. The van der Waals surface area contributed by atoms with E-state index in [-0.39, 0.29) is 16.9 Å². The maximum Gasteiger partial charge on any atom is 0.573 e. The molecule has 0 aliphatic rings. The molecule has 0 fully saturated rings. The van der Waals surface area contributed by atoms with Crippen molar-refractivity contribution in [1.29, 1.82) is 0 Å². The predicted octanol–water partition coefficient (Wildman–Crippen LogP) is 3.92. The number of nitrogens with one attached hydrogen (secondary N) is 1. The molecular weight excluding hydrogens is 318 g/mol. The van der Waals surface area contributed by atoms with Crippen LogP contribution in [0.15, 0.2) is 30.6 Å². The van der Waals surface area contributed by atoms with E-state index < -0.39 is 24.9 Å². The van der Waals surface area contributed by atoms with E-state index in [1.54, 1.807) is 0 Å². The van der Waals surface area contributed by atoms with E-state index in [0.717, 1.165) is 18.2 Å². The number of alkyl halides is 6. The van der Waals surface area contributed by atoms with Crippen molar-refractivity contribution in [2.24, 2.45) is 0 Å². The first-order valence-electron chi connectivity index (χ1n) is 5.72. The van der Waals surface area contributed by atoms with E-state index in [9.17, 15) is 26.3 Å². The average Bonchev–Trinajstić information content (AvgIpc) is 2.88. The number of hydrogen-bond acceptors (Lipinski definition) is 3. The zero-order valence-corrected chi connectivity index (χ0v) is 10.6. The van der Waals surface area contributed by atoms with Gasteiger partial charge < -0.3 is 9.47 Å².